The minimum atomic E-state index is -4.04. The average molecular weight is 729 g/mol. The number of allylic oxidation sites excluding steroid dienone is 10. The molecule has 1 aliphatic heterocycles. The number of aromatic nitrogens is 2. The van der Waals surface area contributed by atoms with Gasteiger partial charge >= 0.3 is 13.4 Å². The predicted molar refractivity (Wildman–Crippen MR) is 196 cm³/mol. The van der Waals surface area contributed by atoms with Gasteiger partial charge in [-0.15, -0.1) is 0 Å². The maximum atomic E-state index is 13.8. The fourth-order valence-electron chi connectivity index (χ4n) is 4.84. The number of halogens is 1. The molecule has 1 aromatic heterocycles. The average Bonchev–Trinajstić information content (AvgIpc) is 3.49. The first kappa shape index (κ1) is 41.3. The molecule has 1 aromatic carbocycles. The van der Waals surface area contributed by atoms with Crippen LogP contribution in [0.2, 0.25) is 0 Å². The van der Waals surface area contributed by atoms with Gasteiger partial charge in [-0.25, -0.2) is 14.4 Å². The lowest BCUT2D eigenvalue weighted by molar-refractivity contribution is -0.121. The van der Waals surface area contributed by atoms with Gasteiger partial charge in [-0.1, -0.05) is 85.9 Å². The molecular formula is C37H50FN4O8P. The summed E-state index contributed by atoms with van der Waals surface area (Å²) in [5.41, 5.74) is -2.08. The van der Waals surface area contributed by atoms with E-state index in [2.05, 4.69) is 78.1 Å². The number of para-hydroxylation sites is 1. The van der Waals surface area contributed by atoms with Gasteiger partial charge in [-0.05, 0) is 57.1 Å². The molecule has 3 rings (SSSR count). The quantitative estimate of drug-likeness (QED) is 0.0597. The summed E-state index contributed by atoms with van der Waals surface area (Å²) in [6, 6.07) is 8.31. The van der Waals surface area contributed by atoms with E-state index in [1.807, 2.05) is 4.98 Å². The number of aliphatic hydroxyl groups excluding tert-OH is 1. The summed E-state index contributed by atoms with van der Waals surface area (Å²) in [4.78, 5) is 37.7. The summed E-state index contributed by atoms with van der Waals surface area (Å²) < 4.78 is 45.2. The van der Waals surface area contributed by atoms with Crippen LogP contribution in [0.3, 0.4) is 0 Å². The van der Waals surface area contributed by atoms with Gasteiger partial charge in [0.15, 0.2) is 0 Å². The first-order valence-electron chi connectivity index (χ1n) is 17.3. The topological polar surface area (TPSA) is 161 Å². The number of aliphatic hydroxyl groups is 1. The monoisotopic (exact) mass is 728 g/mol. The smallest absolute Gasteiger partial charge is 0.413 e. The van der Waals surface area contributed by atoms with Gasteiger partial charge in [0.25, 0.3) is 5.56 Å². The maximum absolute atomic E-state index is 13.8. The third-order valence-electron chi connectivity index (χ3n) is 7.50. The Morgan fingerprint density at radius 2 is 1.63 bits per heavy atom. The molecule has 2 aromatic rings. The van der Waals surface area contributed by atoms with Crippen LogP contribution in [0.4, 0.5) is 4.39 Å². The highest BCUT2D eigenvalue weighted by molar-refractivity contribution is 7.52. The van der Waals surface area contributed by atoms with Gasteiger partial charge in [-0.2, -0.15) is 4.39 Å². The van der Waals surface area contributed by atoms with E-state index >= 15 is 0 Å². The van der Waals surface area contributed by atoms with E-state index in [4.69, 9.17) is 13.8 Å². The van der Waals surface area contributed by atoms with Crippen LogP contribution >= 0.6 is 7.75 Å². The number of H-pyrrole nitrogens is 1. The van der Waals surface area contributed by atoms with Crippen molar-refractivity contribution in [1.29, 1.82) is 0 Å². The zero-order valence-corrected chi connectivity index (χ0v) is 29.9. The molecule has 0 radical (unpaired) electrons. The Bertz CT molecular complexity index is 1650. The van der Waals surface area contributed by atoms with Crippen LogP contribution in [0.1, 0.15) is 70.9 Å². The van der Waals surface area contributed by atoms with E-state index in [0.717, 1.165) is 43.1 Å². The number of aromatic amines is 1. The fraction of sp³-hybridized carbons (Fsp3) is 0.432. The predicted octanol–water partition coefficient (Wildman–Crippen LogP) is 6.16. The van der Waals surface area contributed by atoms with Crippen LogP contribution in [0.5, 0.6) is 5.75 Å². The van der Waals surface area contributed by atoms with Gasteiger partial charge in [0, 0.05) is 25.9 Å². The van der Waals surface area contributed by atoms with Crippen LogP contribution in [0.15, 0.2) is 107 Å². The summed E-state index contributed by atoms with van der Waals surface area (Å²) >= 11 is 0. The molecule has 0 saturated carbocycles. The minimum Gasteiger partial charge on any atom is -0.413 e. The molecule has 0 spiro atoms. The van der Waals surface area contributed by atoms with Crippen molar-refractivity contribution in [2.45, 2.75) is 83.1 Å². The molecular weight excluding hydrogens is 678 g/mol. The Morgan fingerprint density at radius 1 is 1.00 bits per heavy atom. The molecule has 1 amide bonds. The van der Waals surface area contributed by atoms with E-state index < -0.39 is 49.9 Å². The highest BCUT2D eigenvalue weighted by Crippen LogP contribution is 2.45. The molecule has 0 aliphatic carbocycles. The summed E-state index contributed by atoms with van der Waals surface area (Å²) in [7, 11) is -4.04. The Hall–Kier alpha value is -4.13. The lowest BCUT2D eigenvalue weighted by Crippen LogP contribution is -2.34. The molecule has 14 heteroatoms. The molecule has 12 nitrogen and oxygen atoms in total. The van der Waals surface area contributed by atoms with Crippen molar-refractivity contribution in [3.05, 3.63) is 124 Å². The van der Waals surface area contributed by atoms with E-state index in [1.165, 1.54) is 0 Å². The SMILES string of the molecule is CCC=CCC=CCC=CCC=CCC=CCCCC(=O)NCCNP(=O)(OCC1OC(n2cc(F)c(=O)[nH]c2=O)CC1O)Oc1ccccc1. The number of carbonyl (C=O) groups is 1. The summed E-state index contributed by atoms with van der Waals surface area (Å²) in [6.07, 6.45) is 25.2. The lowest BCUT2D eigenvalue weighted by Gasteiger charge is -2.23. The molecule has 4 unspecified atom stereocenters. The number of ether oxygens (including phenoxy) is 1. The van der Waals surface area contributed by atoms with Crippen molar-refractivity contribution >= 4 is 13.7 Å². The Labute approximate surface area is 298 Å². The lowest BCUT2D eigenvalue weighted by atomic mass is 10.2. The summed E-state index contributed by atoms with van der Waals surface area (Å²) in [5.74, 6) is -1.07. The van der Waals surface area contributed by atoms with Gasteiger partial charge in [0.05, 0.1) is 18.9 Å². The van der Waals surface area contributed by atoms with Gasteiger partial charge in [-0.3, -0.25) is 23.7 Å². The second-order valence-electron chi connectivity index (χ2n) is 11.6. The number of rotatable bonds is 23. The van der Waals surface area contributed by atoms with E-state index in [0.29, 0.717) is 19.0 Å². The van der Waals surface area contributed by atoms with E-state index in [-0.39, 0.29) is 31.2 Å². The van der Waals surface area contributed by atoms with E-state index in [1.54, 1.807) is 30.3 Å². The third kappa shape index (κ3) is 16.2. The molecule has 4 atom stereocenters. The molecule has 0 bridgehead atoms. The molecule has 2 heterocycles. The summed E-state index contributed by atoms with van der Waals surface area (Å²) in [5, 5.41) is 16.0. The first-order chi connectivity index (χ1) is 24.7. The zero-order valence-electron chi connectivity index (χ0n) is 29.0. The number of carbonyl (C=O) groups excluding carboxylic acids is 1. The van der Waals surface area contributed by atoms with Gasteiger partial charge in [0.1, 0.15) is 18.1 Å². The largest absolute Gasteiger partial charge is 0.458 e. The number of nitrogens with one attached hydrogen (secondary N) is 3. The molecule has 4 N–H and O–H groups in total. The number of unbranched alkanes of at least 4 members (excludes halogenated alkanes) is 1. The Morgan fingerprint density at radius 3 is 2.27 bits per heavy atom. The van der Waals surface area contributed by atoms with Gasteiger partial charge < -0.3 is 19.7 Å². The van der Waals surface area contributed by atoms with E-state index in [9.17, 15) is 28.4 Å². The zero-order chi connectivity index (χ0) is 36.7. The van der Waals surface area contributed by atoms with Crippen LogP contribution < -0.4 is 26.2 Å². The molecule has 1 aliphatic rings. The maximum Gasteiger partial charge on any atom is 0.458 e. The Kier molecular flexibility index (Phi) is 18.9. The third-order valence-corrected chi connectivity index (χ3v) is 9.05. The van der Waals surface area contributed by atoms with Crippen LogP contribution in [-0.4, -0.2) is 52.5 Å². The highest BCUT2D eigenvalue weighted by atomic mass is 31.2. The van der Waals surface area contributed by atoms with Crippen LogP contribution in [0.25, 0.3) is 0 Å². The van der Waals surface area contributed by atoms with Crippen molar-refractivity contribution in [1.82, 2.24) is 20.0 Å². The number of hydrogen-bond donors (Lipinski definition) is 4. The molecule has 1 fully saturated rings. The standard InChI is InChI=1S/C37H50FN4O8P/c1-2-3-4-5-6-7-8-9-10-11-12-13-14-15-16-17-21-24-34(44)39-25-26-40-51(47,50-30-22-19-18-20-23-30)48-29-33-32(43)27-35(49-33)42-28-31(38)36(45)41-37(42)46/h3-4,6-7,9-10,12-13,15-16,18-20,22-23,28,32-33,35,43H,2,5,8,11,14,17,21,24-27,29H2,1H3,(H,39,44)(H,40,47)(H,41,45,46). The molecule has 278 valence electrons. The van der Waals surface area contributed by atoms with Crippen molar-refractivity contribution < 1.29 is 32.6 Å². The van der Waals surface area contributed by atoms with Gasteiger partial charge in [0.2, 0.25) is 11.7 Å². The second kappa shape index (κ2) is 23.4. The van der Waals surface area contributed by atoms with Crippen molar-refractivity contribution in [3.63, 3.8) is 0 Å². The van der Waals surface area contributed by atoms with Crippen molar-refractivity contribution in [3.8, 4) is 5.75 Å². The number of hydrogen-bond acceptors (Lipinski definition) is 8. The van der Waals surface area contributed by atoms with Crippen LogP contribution in [-0.2, 0) is 18.6 Å². The summed E-state index contributed by atoms with van der Waals surface area (Å²) in [6.45, 7) is 1.92. The minimum absolute atomic E-state index is 0.0490. The van der Waals surface area contributed by atoms with Crippen molar-refractivity contribution in [2.24, 2.45) is 0 Å². The number of amides is 1. The van der Waals surface area contributed by atoms with Crippen molar-refractivity contribution in [2.75, 3.05) is 19.7 Å². The highest BCUT2D eigenvalue weighted by Gasteiger charge is 2.38. The second-order valence-corrected chi connectivity index (χ2v) is 13.4. The Balaban J connectivity index is 1.35. The molecule has 51 heavy (non-hydrogen) atoms. The number of benzene rings is 1. The first-order valence-corrected chi connectivity index (χ1v) is 18.9. The van der Waals surface area contributed by atoms with Crippen LogP contribution in [0, 0.1) is 5.82 Å². The number of nitrogens with zero attached hydrogens (tertiary/aromatic N) is 1. The molecule has 1 saturated heterocycles. The fourth-order valence-corrected chi connectivity index (χ4v) is 6.18. The normalized spacial score (nSPS) is 19.2.